The van der Waals surface area contributed by atoms with E-state index in [-0.39, 0.29) is 10.5 Å². The fourth-order valence-electron chi connectivity index (χ4n) is 1.88. The Kier molecular flexibility index (Phi) is 5.40. The van der Waals surface area contributed by atoms with Crippen molar-refractivity contribution >= 4 is 37.8 Å². The average molecular weight is 411 g/mol. The molecule has 2 aromatic rings. The van der Waals surface area contributed by atoms with Gasteiger partial charge in [-0.05, 0) is 43.3 Å². The van der Waals surface area contributed by atoms with Gasteiger partial charge >= 0.3 is 0 Å². The second-order valence-electron chi connectivity index (χ2n) is 5.05. The fourth-order valence-corrected chi connectivity index (χ4v) is 3.38. The first-order valence-electron chi connectivity index (χ1n) is 6.91. The minimum Gasteiger partial charge on any atom is -0.272 e. The van der Waals surface area contributed by atoms with Crippen molar-refractivity contribution in [3.63, 3.8) is 0 Å². The quantitative estimate of drug-likeness (QED) is 0.788. The molecule has 0 saturated carbocycles. The number of nitrogens with zero attached hydrogens (tertiary/aromatic N) is 1. The number of carbonyl (C=O) groups is 2. The van der Waals surface area contributed by atoms with Crippen LogP contribution in [0.15, 0.2) is 57.9 Å². The summed E-state index contributed by atoms with van der Waals surface area (Å²) in [6.45, 7) is 2.88. The van der Waals surface area contributed by atoms with Crippen LogP contribution in [0.5, 0.6) is 0 Å². The maximum absolute atomic E-state index is 12.6. The zero-order valence-corrected chi connectivity index (χ0v) is 15.4. The van der Waals surface area contributed by atoms with E-state index in [9.17, 15) is 18.0 Å². The van der Waals surface area contributed by atoms with Gasteiger partial charge in [-0.15, -0.1) is 4.41 Å². The van der Waals surface area contributed by atoms with Gasteiger partial charge in [-0.2, -0.15) is 8.42 Å². The van der Waals surface area contributed by atoms with Crippen LogP contribution in [0.25, 0.3) is 0 Å². The third-order valence-corrected chi connectivity index (χ3v) is 5.38. The minimum absolute atomic E-state index is 0.0839. The lowest BCUT2D eigenvalue weighted by atomic mass is 10.2. The summed E-state index contributed by atoms with van der Waals surface area (Å²) >= 11 is 3.24. The van der Waals surface area contributed by atoms with E-state index in [1.165, 1.54) is 24.3 Å². The first-order chi connectivity index (χ1) is 11.2. The Labute approximate surface area is 148 Å². The number of hydrogen-bond donors (Lipinski definition) is 1. The summed E-state index contributed by atoms with van der Waals surface area (Å²) in [5.41, 5.74) is 3.25. The van der Waals surface area contributed by atoms with Crippen molar-refractivity contribution in [2.45, 2.75) is 18.7 Å². The van der Waals surface area contributed by atoms with E-state index in [1.807, 2.05) is 6.92 Å². The van der Waals surface area contributed by atoms with Crippen LogP contribution in [0, 0.1) is 6.92 Å². The van der Waals surface area contributed by atoms with E-state index in [1.54, 1.807) is 24.3 Å². The van der Waals surface area contributed by atoms with Crippen LogP contribution >= 0.6 is 15.9 Å². The molecule has 24 heavy (non-hydrogen) atoms. The second-order valence-corrected chi connectivity index (χ2v) is 7.75. The molecule has 0 radical (unpaired) electrons. The van der Waals surface area contributed by atoms with Gasteiger partial charge in [-0.1, -0.05) is 33.6 Å². The molecule has 0 bridgehead atoms. The van der Waals surface area contributed by atoms with Crippen LogP contribution in [0.4, 0.5) is 0 Å². The van der Waals surface area contributed by atoms with Gasteiger partial charge < -0.3 is 0 Å². The molecular weight excluding hydrogens is 396 g/mol. The SMILES string of the molecule is CC(=O)N(NC(=O)c1ccc(Br)cc1)S(=O)(=O)c1ccc(C)cc1. The van der Waals surface area contributed by atoms with Crippen LogP contribution in [0.2, 0.25) is 0 Å². The van der Waals surface area contributed by atoms with E-state index in [4.69, 9.17) is 0 Å². The molecule has 2 rings (SSSR count). The average Bonchev–Trinajstić information content (AvgIpc) is 2.53. The van der Waals surface area contributed by atoms with Crippen LogP contribution in [0.3, 0.4) is 0 Å². The number of nitrogens with one attached hydrogen (secondary N) is 1. The van der Waals surface area contributed by atoms with Gasteiger partial charge in [-0.25, -0.2) is 5.43 Å². The Bertz CT molecular complexity index is 862. The lowest BCUT2D eigenvalue weighted by Gasteiger charge is -2.21. The summed E-state index contributed by atoms with van der Waals surface area (Å²) in [5, 5.41) is 0. The highest BCUT2D eigenvalue weighted by Gasteiger charge is 2.29. The molecule has 0 aliphatic heterocycles. The molecule has 0 unspecified atom stereocenters. The third-order valence-electron chi connectivity index (χ3n) is 3.15. The van der Waals surface area contributed by atoms with Crippen molar-refractivity contribution in [1.82, 2.24) is 9.84 Å². The summed E-state index contributed by atoms with van der Waals surface area (Å²) in [7, 11) is -4.19. The number of rotatable bonds is 3. The molecular formula is C16H15BrN2O4S. The number of halogens is 1. The molecule has 2 amide bonds. The summed E-state index contributed by atoms with van der Waals surface area (Å²) in [4.78, 5) is 23.9. The van der Waals surface area contributed by atoms with Crippen molar-refractivity contribution in [3.8, 4) is 0 Å². The number of amides is 2. The molecule has 0 heterocycles. The van der Waals surface area contributed by atoms with E-state index < -0.39 is 21.8 Å². The summed E-state index contributed by atoms with van der Waals surface area (Å²) < 4.78 is 26.3. The second kappa shape index (κ2) is 7.14. The number of sulfonamides is 1. The van der Waals surface area contributed by atoms with Crippen LogP contribution in [-0.4, -0.2) is 24.6 Å². The van der Waals surface area contributed by atoms with Crippen molar-refractivity contribution in [2.24, 2.45) is 0 Å². The molecule has 2 aromatic carbocycles. The van der Waals surface area contributed by atoms with E-state index in [2.05, 4.69) is 21.4 Å². The molecule has 1 N–H and O–H groups in total. The number of hydrogen-bond acceptors (Lipinski definition) is 4. The molecule has 0 saturated heterocycles. The van der Waals surface area contributed by atoms with Crippen LogP contribution in [-0.2, 0) is 14.8 Å². The molecule has 0 aliphatic carbocycles. The number of benzene rings is 2. The van der Waals surface area contributed by atoms with Crippen molar-refractivity contribution in [1.29, 1.82) is 0 Å². The van der Waals surface area contributed by atoms with Crippen LogP contribution in [0.1, 0.15) is 22.8 Å². The largest absolute Gasteiger partial charge is 0.284 e. The lowest BCUT2D eigenvalue weighted by Crippen LogP contribution is -2.48. The van der Waals surface area contributed by atoms with E-state index in [0.29, 0.717) is 4.41 Å². The van der Waals surface area contributed by atoms with E-state index >= 15 is 0 Å². The molecule has 126 valence electrons. The Morgan fingerprint density at radius 3 is 2.04 bits per heavy atom. The van der Waals surface area contributed by atoms with Crippen molar-refractivity contribution in [2.75, 3.05) is 0 Å². The lowest BCUT2D eigenvalue weighted by molar-refractivity contribution is -0.125. The van der Waals surface area contributed by atoms with Gasteiger partial charge in [-0.3, -0.25) is 9.59 Å². The Hall–Kier alpha value is -2.19. The number of carbonyl (C=O) groups excluding carboxylic acids is 2. The van der Waals surface area contributed by atoms with Gasteiger partial charge in [0.05, 0.1) is 4.90 Å². The molecule has 0 aliphatic rings. The topological polar surface area (TPSA) is 83.6 Å². The maximum atomic E-state index is 12.6. The Balaban J connectivity index is 2.32. The van der Waals surface area contributed by atoms with Crippen LogP contribution < -0.4 is 5.43 Å². The molecule has 0 aromatic heterocycles. The van der Waals surface area contributed by atoms with Gasteiger partial charge in [0.1, 0.15) is 0 Å². The highest BCUT2D eigenvalue weighted by Crippen LogP contribution is 2.16. The normalized spacial score (nSPS) is 11.0. The smallest absolute Gasteiger partial charge is 0.272 e. The first-order valence-corrected chi connectivity index (χ1v) is 9.14. The standard InChI is InChI=1S/C16H15BrN2O4S/c1-11-3-9-15(10-4-11)24(22,23)19(12(2)20)18-16(21)13-5-7-14(17)8-6-13/h3-10H,1-2H3,(H,18,21). The summed E-state index contributed by atoms with van der Waals surface area (Å²) in [6.07, 6.45) is 0. The van der Waals surface area contributed by atoms with Gasteiger partial charge in [0.25, 0.3) is 21.8 Å². The zero-order chi connectivity index (χ0) is 17.9. The number of aryl methyl sites for hydroxylation is 1. The highest BCUT2D eigenvalue weighted by atomic mass is 79.9. The van der Waals surface area contributed by atoms with Crippen molar-refractivity contribution < 1.29 is 18.0 Å². The van der Waals surface area contributed by atoms with E-state index in [0.717, 1.165) is 17.0 Å². The Morgan fingerprint density at radius 1 is 1.00 bits per heavy atom. The minimum atomic E-state index is -4.19. The molecule has 8 heteroatoms. The van der Waals surface area contributed by atoms with Crippen molar-refractivity contribution in [3.05, 3.63) is 64.1 Å². The zero-order valence-electron chi connectivity index (χ0n) is 13.0. The fraction of sp³-hybridized carbons (Fsp3) is 0.125. The number of hydrazine groups is 1. The Morgan fingerprint density at radius 2 is 1.54 bits per heavy atom. The molecule has 6 nitrogen and oxygen atoms in total. The molecule has 0 spiro atoms. The maximum Gasteiger partial charge on any atom is 0.284 e. The predicted octanol–water partition coefficient (Wildman–Crippen LogP) is 2.64. The highest BCUT2D eigenvalue weighted by molar-refractivity contribution is 9.10. The predicted molar refractivity (Wildman–Crippen MR) is 92.5 cm³/mol. The van der Waals surface area contributed by atoms with Gasteiger partial charge in [0, 0.05) is 17.0 Å². The molecule has 0 fully saturated rings. The van der Waals surface area contributed by atoms with Gasteiger partial charge in [0.2, 0.25) is 0 Å². The van der Waals surface area contributed by atoms with Gasteiger partial charge in [0.15, 0.2) is 0 Å². The summed E-state index contributed by atoms with van der Waals surface area (Å²) in [6, 6.07) is 12.3. The third kappa shape index (κ3) is 4.01. The molecule has 0 atom stereocenters. The summed E-state index contributed by atoms with van der Waals surface area (Å²) in [5.74, 6) is -1.52. The first kappa shape index (κ1) is 18.2. The monoisotopic (exact) mass is 410 g/mol.